The lowest BCUT2D eigenvalue weighted by atomic mass is 10.2. The van der Waals surface area contributed by atoms with Crippen LogP contribution in [0.4, 0.5) is 11.4 Å². The van der Waals surface area contributed by atoms with Crippen molar-refractivity contribution in [2.75, 3.05) is 63.6 Å². The highest BCUT2D eigenvalue weighted by Gasteiger charge is 2.32. The second-order valence-corrected chi connectivity index (χ2v) is 10.8. The number of non-ortho nitro benzene ring substituents is 1. The molecule has 1 aromatic rings. The first kappa shape index (κ1) is 25.5. The van der Waals surface area contributed by atoms with Crippen LogP contribution in [-0.2, 0) is 24.3 Å². The van der Waals surface area contributed by atoms with E-state index in [0.717, 1.165) is 18.9 Å². The second-order valence-electron chi connectivity index (χ2n) is 7.26. The maximum absolute atomic E-state index is 13.5. The van der Waals surface area contributed by atoms with Crippen molar-refractivity contribution in [3.8, 4) is 0 Å². The lowest BCUT2D eigenvalue weighted by molar-refractivity contribution is -0.385. The zero-order valence-corrected chi connectivity index (χ0v) is 19.7. The molecular formula is C18H30N4O7S2. The first-order valence-electron chi connectivity index (χ1n) is 10.1. The van der Waals surface area contributed by atoms with Gasteiger partial charge in [0, 0.05) is 51.4 Å². The summed E-state index contributed by atoms with van der Waals surface area (Å²) >= 11 is 0. The van der Waals surface area contributed by atoms with Crippen LogP contribution in [0.5, 0.6) is 0 Å². The first-order chi connectivity index (χ1) is 14.5. The van der Waals surface area contributed by atoms with Gasteiger partial charge in [0.1, 0.15) is 4.90 Å². The van der Waals surface area contributed by atoms with Crippen LogP contribution in [0, 0.1) is 10.1 Å². The molecule has 0 aromatic heterocycles. The molecule has 0 saturated carbocycles. The minimum Gasteiger partial charge on any atom is -0.368 e. The SMILES string of the molecule is CCCN(CCOS(C)(=O)=O)c1ccc([N+](=O)[O-])cc1S(=O)(=O)N1CCN(CC)CC1. The van der Waals surface area contributed by atoms with E-state index in [0.29, 0.717) is 44.8 Å². The molecule has 13 heteroatoms. The third-order valence-electron chi connectivity index (χ3n) is 5.04. The average Bonchev–Trinajstić information content (AvgIpc) is 2.71. The van der Waals surface area contributed by atoms with Crippen molar-refractivity contribution in [3.63, 3.8) is 0 Å². The summed E-state index contributed by atoms with van der Waals surface area (Å²) in [6, 6.07) is 3.74. The molecule has 1 fully saturated rings. The number of piperazine rings is 1. The largest absolute Gasteiger partial charge is 0.368 e. The number of rotatable bonds is 11. The van der Waals surface area contributed by atoms with Crippen LogP contribution < -0.4 is 4.90 Å². The Kier molecular flexibility index (Phi) is 8.77. The van der Waals surface area contributed by atoms with Gasteiger partial charge in [-0.3, -0.25) is 14.3 Å². The molecule has 0 unspecified atom stereocenters. The molecular weight excluding hydrogens is 448 g/mol. The average molecular weight is 479 g/mol. The van der Waals surface area contributed by atoms with Gasteiger partial charge in [0.05, 0.1) is 23.5 Å². The fraction of sp³-hybridized carbons (Fsp3) is 0.667. The third-order valence-corrected chi connectivity index (χ3v) is 7.57. The van der Waals surface area contributed by atoms with Crippen molar-refractivity contribution in [1.82, 2.24) is 9.21 Å². The smallest absolute Gasteiger partial charge is 0.270 e. The fourth-order valence-corrected chi connectivity index (χ4v) is 5.46. The van der Waals surface area contributed by atoms with Crippen LogP contribution in [0.25, 0.3) is 0 Å². The molecule has 0 atom stereocenters. The number of hydrogen-bond donors (Lipinski definition) is 0. The highest BCUT2D eigenvalue weighted by molar-refractivity contribution is 7.89. The number of anilines is 1. The molecule has 1 heterocycles. The third kappa shape index (κ3) is 6.84. The molecule has 1 aliphatic heterocycles. The van der Waals surface area contributed by atoms with Gasteiger partial charge >= 0.3 is 0 Å². The van der Waals surface area contributed by atoms with Gasteiger partial charge in [-0.25, -0.2) is 8.42 Å². The van der Waals surface area contributed by atoms with E-state index in [4.69, 9.17) is 4.18 Å². The predicted molar refractivity (Wildman–Crippen MR) is 117 cm³/mol. The van der Waals surface area contributed by atoms with Gasteiger partial charge in [-0.1, -0.05) is 13.8 Å². The lowest BCUT2D eigenvalue weighted by Crippen LogP contribution is -2.48. The van der Waals surface area contributed by atoms with E-state index in [-0.39, 0.29) is 23.7 Å². The molecule has 11 nitrogen and oxygen atoms in total. The number of nitro benzene ring substituents is 1. The van der Waals surface area contributed by atoms with Crippen molar-refractivity contribution in [2.45, 2.75) is 25.2 Å². The summed E-state index contributed by atoms with van der Waals surface area (Å²) in [5, 5.41) is 11.3. The zero-order valence-electron chi connectivity index (χ0n) is 18.1. The van der Waals surface area contributed by atoms with Crippen LogP contribution in [0.1, 0.15) is 20.3 Å². The topological polar surface area (TPSA) is 130 Å². The molecule has 2 rings (SSSR count). The molecule has 0 bridgehead atoms. The highest BCUT2D eigenvalue weighted by Crippen LogP contribution is 2.32. The van der Waals surface area contributed by atoms with Gasteiger partial charge in [-0.2, -0.15) is 12.7 Å². The van der Waals surface area contributed by atoms with E-state index >= 15 is 0 Å². The van der Waals surface area contributed by atoms with Crippen molar-refractivity contribution < 1.29 is 25.9 Å². The number of benzene rings is 1. The van der Waals surface area contributed by atoms with Crippen LogP contribution >= 0.6 is 0 Å². The lowest BCUT2D eigenvalue weighted by Gasteiger charge is -2.34. The Labute approximate surface area is 183 Å². The summed E-state index contributed by atoms with van der Waals surface area (Å²) in [5.74, 6) is 0. The van der Waals surface area contributed by atoms with Gasteiger partial charge < -0.3 is 9.80 Å². The quantitative estimate of drug-likeness (QED) is 0.261. The van der Waals surface area contributed by atoms with E-state index in [2.05, 4.69) is 4.90 Å². The van der Waals surface area contributed by atoms with Crippen molar-refractivity contribution in [3.05, 3.63) is 28.3 Å². The standard InChI is InChI=1S/C18H30N4O7S2/c1-4-8-20(13-14-29-30(3,25)26)17-7-6-16(22(23)24)15-18(17)31(27,28)21-11-9-19(5-2)10-12-21/h6-7,15H,4-5,8-14H2,1-3H3. The second kappa shape index (κ2) is 10.7. The first-order valence-corrected chi connectivity index (χ1v) is 13.4. The van der Waals surface area contributed by atoms with E-state index in [1.54, 1.807) is 4.90 Å². The number of sulfonamides is 1. The highest BCUT2D eigenvalue weighted by atomic mass is 32.2. The molecule has 31 heavy (non-hydrogen) atoms. The Bertz CT molecular complexity index is 975. The van der Waals surface area contributed by atoms with Crippen molar-refractivity contribution >= 4 is 31.5 Å². The molecule has 0 radical (unpaired) electrons. The van der Waals surface area contributed by atoms with E-state index in [9.17, 15) is 26.9 Å². The molecule has 0 N–H and O–H groups in total. The normalized spacial score (nSPS) is 16.4. The molecule has 1 aliphatic rings. The van der Waals surface area contributed by atoms with Gasteiger partial charge in [0.15, 0.2) is 0 Å². The summed E-state index contributed by atoms with van der Waals surface area (Å²) in [4.78, 5) is 14.4. The summed E-state index contributed by atoms with van der Waals surface area (Å²) in [5.41, 5.74) is -0.0270. The van der Waals surface area contributed by atoms with Gasteiger partial charge in [0.25, 0.3) is 15.8 Å². The maximum Gasteiger partial charge on any atom is 0.270 e. The zero-order chi connectivity index (χ0) is 23.2. The number of hydrogen-bond acceptors (Lipinski definition) is 9. The summed E-state index contributed by atoms with van der Waals surface area (Å²) in [7, 11) is -7.64. The van der Waals surface area contributed by atoms with E-state index in [1.165, 1.54) is 16.4 Å². The fourth-order valence-electron chi connectivity index (χ4n) is 3.43. The molecule has 1 saturated heterocycles. The molecule has 0 spiro atoms. The van der Waals surface area contributed by atoms with Gasteiger partial charge in [0.2, 0.25) is 10.0 Å². The number of nitro groups is 1. The molecule has 1 aromatic carbocycles. The van der Waals surface area contributed by atoms with Crippen molar-refractivity contribution in [1.29, 1.82) is 0 Å². The van der Waals surface area contributed by atoms with Crippen LogP contribution in [0.15, 0.2) is 23.1 Å². The molecule has 0 amide bonds. The molecule has 0 aliphatic carbocycles. The Hall–Kier alpha value is -1.80. The summed E-state index contributed by atoms with van der Waals surface area (Å²) < 4.78 is 55.6. The Morgan fingerprint density at radius 2 is 1.74 bits per heavy atom. The molecule has 176 valence electrons. The van der Waals surface area contributed by atoms with Gasteiger partial charge in [-0.05, 0) is 19.0 Å². The number of likely N-dealkylation sites (N-methyl/N-ethyl adjacent to an activating group) is 1. The minimum absolute atomic E-state index is 0.116. The Balaban J connectivity index is 2.43. The number of nitrogens with zero attached hydrogens (tertiary/aromatic N) is 4. The van der Waals surface area contributed by atoms with E-state index in [1.807, 2.05) is 13.8 Å². The van der Waals surface area contributed by atoms with Crippen LogP contribution in [0.2, 0.25) is 0 Å². The predicted octanol–water partition coefficient (Wildman–Crippen LogP) is 1.11. The van der Waals surface area contributed by atoms with Gasteiger partial charge in [-0.15, -0.1) is 0 Å². The van der Waals surface area contributed by atoms with E-state index < -0.39 is 25.1 Å². The Morgan fingerprint density at radius 1 is 1.10 bits per heavy atom. The van der Waals surface area contributed by atoms with Crippen LogP contribution in [0.3, 0.4) is 0 Å². The van der Waals surface area contributed by atoms with Crippen LogP contribution in [-0.4, -0.2) is 89.6 Å². The van der Waals surface area contributed by atoms with Crippen molar-refractivity contribution in [2.24, 2.45) is 0 Å². The Morgan fingerprint density at radius 3 is 2.26 bits per heavy atom. The monoisotopic (exact) mass is 478 g/mol. The summed E-state index contributed by atoms with van der Waals surface area (Å²) in [6.45, 7) is 6.86. The summed E-state index contributed by atoms with van der Waals surface area (Å²) in [6.07, 6.45) is 1.60. The maximum atomic E-state index is 13.5. The minimum atomic E-state index is -4.00.